The summed E-state index contributed by atoms with van der Waals surface area (Å²) in [6.45, 7) is 12.6. The number of ether oxygens (including phenoxy) is 9. The molecule has 2 N–H and O–H groups in total. The van der Waals surface area contributed by atoms with Gasteiger partial charge in [-0.15, -0.1) is 0 Å². The molecule has 53 heavy (non-hydrogen) atoms. The van der Waals surface area contributed by atoms with Gasteiger partial charge >= 0.3 is 0 Å². The van der Waals surface area contributed by atoms with Crippen LogP contribution in [0.15, 0.2) is 30.3 Å². The van der Waals surface area contributed by atoms with Crippen LogP contribution in [0.4, 0.5) is 0 Å². The highest BCUT2D eigenvalue weighted by Gasteiger charge is 2.92. The topological polar surface area (TPSA) is 153 Å². The number of epoxide rings is 1. The number of aromatic hydroxyl groups is 1. The lowest BCUT2D eigenvalue weighted by molar-refractivity contribution is -0.344. The number of aryl methyl sites for hydroxylation is 1. The highest BCUT2D eigenvalue weighted by atomic mass is 28.4. The van der Waals surface area contributed by atoms with Crippen molar-refractivity contribution in [2.45, 2.75) is 107 Å². The zero-order chi connectivity index (χ0) is 38.0. The summed E-state index contributed by atoms with van der Waals surface area (Å²) >= 11 is 0. The van der Waals surface area contributed by atoms with Crippen molar-refractivity contribution in [1.29, 1.82) is 0 Å². The van der Waals surface area contributed by atoms with Gasteiger partial charge in [-0.25, -0.2) is 0 Å². The molecule has 14 heteroatoms. The number of carbonyl (C=O) groups is 1. The molecule has 0 amide bonds. The van der Waals surface area contributed by atoms with Crippen LogP contribution in [0.25, 0.3) is 10.8 Å². The highest BCUT2D eigenvalue weighted by Crippen LogP contribution is 2.71. The molecule has 1 spiro atoms. The SMILES string of the molecule is COc1ccc(CO[C@H]2C[C@H](O[Si](C)(C)C(C)(C)C)C(=O)c3c2c(OC)c2cc(C)c4c(c2c3O)O[C@]2(O)[C@H]3O[C@](C(OC)OC)(O[C@@H]43)[C@]23CO3)cc1. The number of phenols is 1. The van der Waals surface area contributed by atoms with Crippen molar-refractivity contribution >= 4 is 24.9 Å². The van der Waals surface area contributed by atoms with Crippen molar-refractivity contribution < 1.29 is 62.1 Å². The van der Waals surface area contributed by atoms with Crippen molar-refractivity contribution in [3.05, 3.63) is 58.1 Å². The number of fused-ring (bicyclic) bond motifs is 8. The molecule has 3 fully saturated rings. The Kier molecular flexibility index (Phi) is 8.36. The molecule has 13 nitrogen and oxygen atoms in total. The van der Waals surface area contributed by atoms with E-state index in [0.717, 1.165) is 16.9 Å². The second kappa shape index (κ2) is 12.1. The summed E-state index contributed by atoms with van der Waals surface area (Å²) in [5, 5.41) is 25.3. The number of benzene rings is 3. The minimum atomic E-state index is -2.49. The highest BCUT2D eigenvalue weighted by molar-refractivity contribution is 6.74. The Bertz CT molecular complexity index is 1980. The maximum Gasteiger partial charge on any atom is 0.274 e. The fourth-order valence-corrected chi connectivity index (χ4v) is 9.69. The number of hydrogen-bond acceptors (Lipinski definition) is 13. The number of Topliss-reactive ketones (excluding diaryl/α,β-unsaturated/α-hetero) is 1. The molecular formula is C39H48O13Si. The molecule has 8 rings (SSSR count). The average molecular weight is 753 g/mol. The quantitative estimate of drug-likeness (QED) is 0.147. The fraction of sp³-hybridized carbons (Fsp3) is 0.564. The summed E-state index contributed by atoms with van der Waals surface area (Å²) in [5.74, 6) is -3.20. The summed E-state index contributed by atoms with van der Waals surface area (Å²) in [6.07, 6.45) is -4.31. The first kappa shape index (κ1) is 36.7. The molecule has 0 aromatic heterocycles. The molecule has 2 bridgehead atoms. The summed E-state index contributed by atoms with van der Waals surface area (Å²) in [5.41, 5.74) is 1.11. The van der Waals surface area contributed by atoms with Crippen LogP contribution in [0.1, 0.15) is 72.0 Å². The molecule has 0 radical (unpaired) electrons. The van der Waals surface area contributed by atoms with E-state index in [9.17, 15) is 15.0 Å². The number of hydrogen-bond donors (Lipinski definition) is 2. The van der Waals surface area contributed by atoms with Crippen molar-refractivity contribution in [1.82, 2.24) is 0 Å². The van der Waals surface area contributed by atoms with Gasteiger partial charge in [-0.05, 0) is 54.4 Å². The lowest BCUT2D eigenvalue weighted by atomic mass is 9.78. The van der Waals surface area contributed by atoms with Crippen molar-refractivity contribution in [2.24, 2.45) is 0 Å². The minimum Gasteiger partial charge on any atom is -0.506 e. The molecule has 4 aliphatic heterocycles. The third kappa shape index (κ3) is 4.87. The molecule has 1 aliphatic carbocycles. The Hall–Kier alpha value is -3.31. The number of methoxy groups -OCH3 is 4. The summed E-state index contributed by atoms with van der Waals surface area (Å²) in [6, 6.07) is 9.41. The van der Waals surface area contributed by atoms with Crippen LogP contribution in [0.3, 0.4) is 0 Å². The van der Waals surface area contributed by atoms with Gasteiger partial charge in [0.15, 0.2) is 20.2 Å². The number of rotatable bonds is 10. The molecule has 0 unspecified atom stereocenters. The van der Waals surface area contributed by atoms with E-state index in [1.54, 1.807) is 7.11 Å². The van der Waals surface area contributed by atoms with E-state index in [2.05, 4.69) is 33.9 Å². The molecule has 5 aliphatic rings. The molecule has 3 saturated heterocycles. The standard InChI is InChI=1S/C39H48O13Si/c1-19-15-22-26(32-25(19)33-34-38(42,49-32)37(18-48-37)39(50-33,51-34)35(45-7)46-8)30(41)28-27(31(22)44-6)23(47-17-20-11-13-21(43-5)14-12-20)16-24(29(28)40)52-53(9,10)36(2,3)4/h11-15,23-24,33-35,41-42H,16-18H2,1-10H3/t23-,24-,33-,34-,37-,38+,39-/m0/s1. The lowest BCUT2D eigenvalue weighted by Crippen LogP contribution is -2.69. The van der Waals surface area contributed by atoms with E-state index in [0.29, 0.717) is 22.3 Å². The average Bonchev–Trinajstić information content (AvgIpc) is 3.79. The Morgan fingerprint density at radius 2 is 1.68 bits per heavy atom. The van der Waals surface area contributed by atoms with E-state index < -0.39 is 56.2 Å². The predicted molar refractivity (Wildman–Crippen MR) is 192 cm³/mol. The third-order valence-corrected chi connectivity index (χ3v) is 16.7. The monoisotopic (exact) mass is 752 g/mol. The van der Waals surface area contributed by atoms with Gasteiger partial charge in [-0.1, -0.05) is 32.9 Å². The van der Waals surface area contributed by atoms with Crippen molar-refractivity contribution in [3.63, 3.8) is 0 Å². The second-order valence-electron chi connectivity index (χ2n) is 16.1. The van der Waals surface area contributed by atoms with E-state index in [-0.39, 0.29) is 52.9 Å². The minimum absolute atomic E-state index is 0.0237. The Balaban J connectivity index is 1.30. The first-order chi connectivity index (χ1) is 25.0. The van der Waals surface area contributed by atoms with Gasteiger partial charge in [-0.2, -0.15) is 0 Å². The van der Waals surface area contributed by atoms with Crippen molar-refractivity contribution in [2.75, 3.05) is 35.0 Å². The molecule has 286 valence electrons. The number of aliphatic hydroxyl groups is 1. The van der Waals surface area contributed by atoms with Crippen LogP contribution in [-0.4, -0.2) is 95.0 Å². The smallest absolute Gasteiger partial charge is 0.274 e. The summed E-state index contributed by atoms with van der Waals surface area (Å²) in [4.78, 5) is 14.7. The zero-order valence-electron chi connectivity index (χ0n) is 31.8. The second-order valence-corrected chi connectivity index (χ2v) is 20.9. The normalized spacial score (nSPS) is 31.2. The van der Waals surface area contributed by atoms with Gasteiger partial charge in [0.1, 0.15) is 35.2 Å². The zero-order valence-corrected chi connectivity index (χ0v) is 32.8. The van der Waals surface area contributed by atoms with Crippen LogP contribution in [0.5, 0.6) is 23.0 Å². The van der Waals surface area contributed by atoms with Crippen LogP contribution in [-0.2, 0) is 39.5 Å². The van der Waals surface area contributed by atoms with Crippen LogP contribution >= 0.6 is 0 Å². The number of ketones is 1. The molecule has 0 saturated carbocycles. The molecule has 3 aromatic carbocycles. The van der Waals surface area contributed by atoms with E-state index in [1.165, 1.54) is 21.3 Å². The molecule has 4 heterocycles. The van der Waals surface area contributed by atoms with E-state index >= 15 is 0 Å². The molecular weight excluding hydrogens is 705 g/mol. The van der Waals surface area contributed by atoms with Gasteiger partial charge in [0, 0.05) is 37.2 Å². The van der Waals surface area contributed by atoms with Crippen molar-refractivity contribution in [3.8, 4) is 23.0 Å². The van der Waals surface area contributed by atoms with Gasteiger partial charge in [-0.3, -0.25) is 4.79 Å². The largest absolute Gasteiger partial charge is 0.506 e. The summed E-state index contributed by atoms with van der Waals surface area (Å²) in [7, 11) is 3.54. The maximum absolute atomic E-state index is 14.7. The maximum atomic E-state index is 14.7. The van der Waals surface area contributed by atoms with Crippen LogP contribution in [0, 0.1) is 6.92 Å². The lowest BCUT2D eigenvalue weighted by Gasteiger charge is -2.47. The number of phenolic OH excluding ortho intramolecular Hbond substituents is 1. The van der Waals surface area contributed by atoms with Gasteiger partial charge < -0.3 is 57.3 Å². The molecule has 3 aromatic rings. The Morgan fingerprint density at radius 1 is 1.00 bits per heavy atom. The Labute approximate surface area is 309 Å². The van der Waals surface area contributed by atoms with Crippen LogP contribution in [0.2, 0.25) is 18.1 Å². The van der Waals surface area contributed by atoms with Gasteiger partial charge in [0.25, 0.3) is 11.6 Å². The van der Waals surface area contributed by atoms with Crippen LogP contribution < -0.4 is 14.2 Å². The fourth-order valence-electron chi connectivity index (χ4n) is 8.43. The Morgan fingerprint density at radius 3 is 2.26 bits per heavy atom. The first-order valence-electron chi connectivity index (χ1n) is 17.9. The molecule has 7 atom stereocenters. The van der Waals surface area contributed by atoms with E-state index in [1.807, 2.05) is 37.3 Å². The van der Waals surface area contributed by atoms with Gasteiger partial charge in [0.2, 0.25) is 11.9 Å². The summed E-state index contributed by atoms with van der Waals surface area (Å²) < 4.78 is 61.6. The van der Waals surface area contributed by atoms with E-state index in [4.69, 9.17) is 47.1 Å². The predicted octanol–water partition coefficient (Wildman–Crippen LogP) is 5.74. The third-order valence-electron chi connectivity index (χ3n) is 12.2. The number of carbonyl (C=O) groups excluding carboxylic acids is 1. The van der Waals surface area contributed by atoms with Gasteiger partial charge in [0.05, 0.1) is 44.5 Å². The first-order valence-corrected chi connectivity index (χ1v) is 20.8.